The number of rotatable bonds is 4. The Kier molecular flexibility index (Phi) is 4.83. The van der Waals surface area contributed by atoms with E-state index in [0.29, 0.717) is 18.1 Å². The Morgan fingerprint density at radius 3 is 2.50 bits per heavy atom. The molecule has 0 radical (unpaired) electrons. The third-order valence-corrected chi connectivity index (χ3v) is 5.47. The second kappa shape index (κ2) is 5.94. The van der Waals surface area contributed by atoms with E-state index in [-0.39, 0.29) is 11.1 Å². The Bertz CT molecular complexity index is 329. The third kappa shape index (κ3) is 3.55. The van der Waals surface area contributed by atoms with Crippen LogP contribution in [0.3, 0.4) is 0 Å². The predicted octanol–water partition coefficient (Wildman–Crippen LogP) is 3.04. The summed E-state index contributed by atoms with van der Waals surface area (Å²) in [5.41, 5.74) is 0.361. The van der Waals surface area contributed by atoms with Gasteiger partial charge in [0.15, 0.2) is 0 Å². The van der Waals surface area contributed by atoms with Gasteiger partial charge in [0.25, 0.3) is 0 Å². The van der Waals surface area contributed by atoms with Gasteiger partial charge in [-0.3, -0.25) is 4.90 Å². The Labute approximate surface area is 125 Å². The average Bonchev–Trinajstić information content (AvgIpc) is 2.71. The molecule has 118 valence electrons. The van der Waals surface area contributed by atoms with Gasteiger partial charge in [-0.05, 0) is 46.0 Å². The van der Waals surface area contributed by atoms with Crippen molar-refractivity contribution in [1.29, 1.82) is 0 Å². The van der Waals surface area contributed by atoms with Gasteiger partial charge in [0, 0.05) is 31.2 Å². The zero-order chi connectivity index (χ0) is 15.0. The highest BCUT2D eigenvalue weighted by Crippen LogP contribution is 2.32. The van der Waals surface area contributed by atoms with E-state index in [1.165, 1.54) is 19.3 Å². The van der Waals surface area contributed by atoms with Crippen LogP contribution in [-0.2, 0) is 4.74 Å². The van der Waals surface area contributed by atoms with Crippen molar-refractivity contribution in [3.63, 3.8) is 0 Å². The molecule has 3 nitrogen and oxygen atoms in total. The fourth-order valence-electron chi connectivity index (χ4n) is 3.53. The van der Waals surface area contributed by atoms with Crippen LogP contribution in [0.15, 0.2) is 0 Å². The van der Waals surface area contributed by atoms with Crippen LogP contribution < -0.4 is 5.32 Å². The molecule has 20 heavy (non-hydrogen) atoms. The van der Waals surface area contributed by atoms with Crippen molar-refractivity contribution in [3.05, 3.63) is 0 Å². The molecule has 1 N–H and O–H groups in total. The topological polar surface area (TPSA) is 24.5 Å². The summed E-state index contributed by atoms with van der Waals surface area (Å²) in [5.74, 6) is 0.694. The quantitative estimate of drug-likeness (QED) is 0.858. The second-order valence-corrected chi connectivity index (χ2v) is 8.03. The fourth-order valence-corrected chi connectivity index (χ4v) is 3.53. The van der Waals surface area contributed by atoms with E-state index >= 15 is 0 Å². The van der Waals surface area contributed by atoms with Crippen LogP contribution >= 0.6 is 0 Å². The van der Waals surface area contributed by atoms with E-state index in [1.54, 1.807) is 0 Å². The molecule has 2 fully saturated rings. The first kappa shape index (κ1) is 16.3. The van der Waals surface area contributed by atoms with Crippen molar-refractivity contribution in [2.45, 2.75) is 84.1 Å². The molecular formula is C17H34N2O. The highest BCUT2D eigenvalue weighted by atomic mass is 16.5. The molecule has 0 saturated carbocycles. The van der Waals surface area contributed by atoms with Crippen molar-refractivity contribution in [2.75, 3.05) is 19.6 Å². The van der Waals surface area contributed by atoms with Gasteiger partial charge in [-0.25, -0.2) is 0 Å². The average molecular weight is 282 g/mol. The first-order chi connectivity index (χ1) is 9.26. The highest BCUT2D eigenvalue weighted by molar-refractivity contribution is 4.97. The Morgan fingerprint density at radius 2 is 2.00 bits per heavy atom. The first-order valence-electron chi connectivity index (χ1n) is 8.42. The van der Waals surface area contributed by atoms with E-state index in [4.69, 9.17) is 4.74 Å². The fraction of sp³-hybridized carbons (Fsp3) is 1.00. The summed E-state index contributed by atoms with van der Waals surface area (Å²) in [6, 6.07) is 0.615. The van der Waals surface area contributed by atoms with Gasteiger partial charge in [0.2, 0.25) is 0 Å². The number of piperazine rings is 1. The number of hydrogen-bond donors (Lipinski definition) is 1. The summed E-state index contributed by atoms with van der Waals surface area (Å²) in [6.45, 7) is 17.1. The lowest BCUT2D eigenvalue weighted by Crippen LogP contribution is -2.65. The maximum atomic E-state index is 6.22. The van der Waals surface area contributed by atoms with Crippen LogP contribution in [0.1, 0.15) is 60.8 Å². The Morgan fingerprint density at radius 1 is 1.30 bits per heavy atom. The smallest absolute Gasteiger partial charge is 0.0710 e. The minimum Gasteiger partial charge on any atom is -0.371 e. The molecule has 0 amide bonds. The van der Waals surface area contributed by atoms with Crippen LogP contribution in [0.4, 0.5) is 0 Å². The molecule has 2 heterocycles. The van der Waals surface area contributed by atoms with E-state index in [2.05, 4.69) is 51.8 Å². The lowest BCUT2D eigenvalue weighted by molar-refractivity contribution is -0.0552. The maximum Gasteiger partial charge on any atom is 0.0710 e. The highest BCUT2D eigenvalue weighted by Gasteiger charge is 2.40. The normalized spacial score (nSPS) is 38.5. The number of hydrogen-bond acceptors (Lipinski definition) is 3. The molecule has 3 heteroatoms. The lowest BCUT2D eigenvalue weighted by Gasteiger charge is -2.49. The summed E-state index contributed by atoms with van der Waals surface area (Å²) in [4.78, 5) is 2.69. The van der Waals surface area contributed by atoms with Gasteiger partial charge in [-0.1, -0.05) is 20.8 Å². The maximum absolute atomic E-state index is 6.22. The van der Waals surface area contributed by atoms with E-state index in [9.17, 15) is 0 Å². The molecule has 0 aromatic heterocycles. The van der Waals surface area contributed by atoms with Gasteiger partial charge in [0.05, 0.1) is 11.7 Å². The van der Waals surface area contributed by atoms with Crippen molar-refractivity contribution < 1.29 is 4.74 Å². The van der Waals surface area contributed by atoms with E-state index in [1.807, 2.05) is 0 Å². The molecule has 2 saturated heterocycles. The number of nitrogens with zero attached hydrogens (tertiary/aromatic N) is 1. The summed E-state index contributed by atoms with van der Waals surface area (Å²) < 4.78 is 6.22. The molecule has 0 spiro atoms. The van der Waals surface area contributed by atoms with E-state index in [0.717, 1.165) is 19.6 Å². The Hall–Kier alpha value is -0.120. The first-order valence-corrected chi connectivity index (χ1v) is 8.42. The van der Waals surface area contributed by atoms with Gasteiger partial charge in [0.1, 0.15) is 0 Å². The zero-order valence-corrected chi connectivity index (χ0v) is 14.3. The summed E-state index contributed by atoms with van der Waals surface area (Å²) in [6.07, 6.45) is 4.02. The molecule has 0 aliphatic carbocycles. The molecule has 3 atom stereocenters. The lowest BCUT2D eigenvalue weighted by atomic mass is 9.89. The van der Waals surface area contributed by atoms with Crippen LogP contribution in [-0.4, -0.2) is 47.8 Å². The van der Waals surface area contributed by atoms with Crippen molar-refractivity contribution in [3.8, 4) is 0 Å². The minimum atomic E-state index is 0.0821. The summed E-state index contributed by atoms with van der Waals surface area (Å²) in [7, 11) is 0. The van der Waals surface area contributed by atoms with Gasteiger partial charge in [-0.2, -0.15) is 0 Å². The minimum absolute atomic E-state index is 0.0821. The zero-order valence-electron chi connectivity index (χ0n) is 14.3. The number of nitrogens with one attached hydrogen (secondary N) is 1. The monoisotopic (exact) mass is 282 g/mol. The molecular weight excluding hydrogens is 248 g/mol. The standard InChI is InChI=1S/C17H34N2O/c1-7-17(6)12-18-15(13(2)3)11-19(17)10-14-8-9-16(4,5)20-14/h13-15,18H,7-12H2,1-6H3. The van der Waals surface area contributed by atoms with Crippen LogP contribution in [0, 0.1) is 5.92 Å². The largest absolute Gasteiger partial charge is 0.371 e. The van der Waals surface area contributed by atoms with Gasteiger partial charge in [-0.15, -0.1) is 0 Å². The molecule has 2 aliphatic rings. The Balaban J connectivity index is 2.01. The molecule has 2 rings (SSSR count). The van der Waals surface area contributed by atoms with Gasteiger partial charge >= 0.3 is 0 Å². The molecule has 2 aliphatic heterocycles. The van der Waals surface area contributed by atoms with Crippen LogP contribution in [0.25, 0.3) is 0 Å². The summed E-state index contributed by atoms with van der Waals surface area (Å²) >= 11 is 0. The van der Waals surface area contributed by atoms with Crippen molar-refractivity contribution in [2.24, 2.45) is 5.92 Å². The second-order valence-electron chi connectivity index (χ2n) is 8.03. The van der Waals surface area contributed by atoms with E-state index < -0.39 is 0 Å². The predicted molar refractivity (Wildman–Crippen MR) is 85.1 cm³/mol. The van der Waals surface area contributed by atoms with Crippen LogP contribution in [0.5, 0.6) is 0 Å². The molecule has 0 aromatic rings. The van der Waals surface area contributed by atoms with Crippen molar-refractivity contribution >= 4 is 0 Å². The van der Waals surface area contributed by atoms with Gasteiger partial charge < -0.3 is 10.1 Å². The third-order valence-electron chi connectivity index (χ3n) is 5.47. The summed E-state index contributed by atoms with van der Waals surface area (Å²) in [5, 5.41) is 3.75. The van der Waals surface area contributed by atoms with Crippen LogP contribution in [0.2, 0.25) is 0 Å². The SMILES string of the molecule is CCC1(C)CNC(C(C)C)CN1CC1CCC(C)(C)O1. The van der Waals surface area contributed by atoms with Crippen molar-refractivity contribution in [1.82, 2.24) is 10.2 Å². The molecule has 3 unspecified atom stereocenters. The molecule has 0 aromatic carbocycles. The molecule has 0 bridgehead atoms. The number of ether oxygens (including phenoxy) is 1.